The van der Waals surface area contributed by atoms with E-state index in [0.717, 1.165) is 34.0 Å². The lowest BCUT2D eigenvalue weighted by Gasteiger charge is -2.23. The van der Waals surface area contributed by atoms with E-state index in [1.165, 1.54) is 0 Å². The van der Waals surface area contributed by atoms with Crippen molar-refractivity contribution >= 4 is 0 Å². The summed E-state index contributed by atoms with van der Waals surface area (Å²) in [7, 11) is 0. The fraction of sp³-hybridized carbons (Fsp3) is 0.208. The molecule has 0 radical (unpaired) electrons. The van der Waals surface area contributed by atoms with Crippen LogP contribution in [0.1, 0.15) is 19.5 Å². The van der Waals surface area contributed by atoms with Crippen LogP contribution in [0.3, 0.4) is 0 Å². The van der Waals surface area contributed by atoms with Crippen molar-refractivity contribution in [3.8, 4) is 39.8 Å². The van der Waals surface area contributed by atoms with Gasteiger partial charge >= 0.3 is 0 Å². The number of aryl methyl sites for hydroxylation is 1. The predicted molar refractivity (Wildman–Crippen MR) is 119 cm³/mol. The number of H-pyrrole nitrogens is 1. The summed E-state index contributed by atoms with van der Waals surface area (Å²) >= 11 is 0. The van der Waals surface area contributed by atoms with Crippen LogP contribution in [0.5, 0.6) is 5.75 Å². The molecule has 0 unspecified atom stereocenters. The van der Waals surface area contributed by atoms with E-state index in [4.69, 9.17) is 9.26 Å². The molecule has 0 amide bonds. The molecule has 7 nitrogen and oxygen atoms in total. The highest BCUT2D eigenvalue weighted by Crippen LogP contribution is 2.27. The van der Waals surface area contributed by atoms with Gasteiger partial charge in [-0.1, -0.05) is 11.7 Å². The third kappa shape index (κ3) is 4.50. The summed E-state index contributed by atoms with van der Waals surface area (Å²) in [6.45, 7) is 9.56. The van der Waals surface area contributed by atoms with Crippen molar-refractivity contribution in [3.63, 3.8) is 0 Å². The fourth-order valence-corrected chi connectivity index (χ4v) is 2.86. The quantitative estimate of drug-likeness (QED) is 0.382. The van der Waals surface area contributed by atoms with Gasteiger partial charge in [-0.15, -0.1) is 0 Å². The minimum absolute atomic E-state index is 0.105. The molecule has 4 rings (SSSR count). The predicted octanol–water partition coefficient (Wildman–Crippen LogP) is 5.58. The van der Waals surface area contributed by atoms with Crippen molar-refractivity contribution in [1.29, 1.82) is 0 Å². The molecule has 0 aliphatic heterocycles. The first-order valence-electron chi connectivity index (χ1n) is 9.88. The van der Waals surface area contributed by atoms with Crippen LogP contribution in [0.4, 0.5) is 0 Å². The Morgan fingerprint density at radius 3 is 2.45 bits per heavy atom. The Morgan fingerprint density at radius 2 is 1.84 bits per heavy atom. The summed E-state index contributed by atoms with van der Waals surface area (Å²) in [5.41, 5.74) is 3.77. The SMILES string of the molecule is C=C(O)C(C)(C)COc1ccc(-c2ccc(-c3ncc(-c4cc(C)no4)[nH]3)cn2)cc1. The molecule has 7 heteroatoms. The first kappa shape index (κ1) is 20.4. The Bertz CT molecular complexity index is 1190. The monoisotopic (exact) mass is 416 g/mol. The molecule has 3 heterocycles. The molecule has 1 aromatic carbocycles. The van der Waals surface area contributed by atoms with Gasteiger partial charge in [-0.2, -0.15) is 0 Å². The zero-order chi connectivity index (χ0) is 22.0. The molecular weight excluding hydrogens is 392 g/mol. The minimum Gasteiger partial charge on any atom is -0.512 e. The summed E-state index contributed by atoms with van der Waals surface area (Å²) in [4.78, 5) is 12.2. The summed E-state index contributed by atoms with van der Waals surface area (Å²) < 4.78 is 11.0. The third-order valence-electron chi connectivity index (χ3n) is 5.04. The van der Waals surface area contributed by atoms with Crippen molar-refractivity contribution in [2.24, 2.45) is 5.41 Å². The highest BCUT2D eigenvalue weighted by atomic mass is 16.5. The van der Waals surface area contributed by atoms with Gasteiger partial charge in [0.2, 0.25) is 0 Å². The Morgan fingerprint density at radius 1 is 1.10 bits per heavy atom. The van der Waals surface area contributed by atoms with E-state index in [9.17, 15) is 5.11 Å². The topological polar surface area (TPSA) is 97.1 Å². The zero-order valence-corrected chi connectivity index (χ0v) is 17.7. The normalized spacial score (nSPS) is 11.5. The molecule has 0 aliphatic carbocycles. The second kappa shape index (κ2) is 8.10. The number of aromatic nitrogens is 4. The molecule has 0 saturated carbocycles. The lowest BCUT2D eigenvalue weighted by Crippen LogP contribution is -2.23. The van der Waals surface area contributed by atoms with Crippen molar-refractivity contribution < 1.29 is 14.4 Å². The summed E-state index contributed by atoms with van der Waals surface area (Å²) in [5.74, 6) is 2.18. The molecule has 0 saturated heterocycles. The molecule has 31 heavy (non-hydrogen) atoms. The molecular formula is C24H24N4O3. The number of nitrogens with one attached hydrogen (secondary N) is 1. The van der Waals surface area contributed by atoms with Gasteiger partial charge in [0.1, 0.15) is 23.9 Å². The second-order valence-electron chi connectivity index (χ2n) is 8.05. The minimum atomic E-state index is -0.506. The number of aliphatic hydroxyl groups is 1. The van der Waals surface area contributed by atoms with Crippen LogP contribution >= 0.6 is 0 Å². The summed E-state index contributed by atoms with van der Waals surface area (Å²) in [6.07, 6.45) is 3.50. The molecule has 0 spiro atoms. The van der Waals surface area contributed by atoms with Crippen molar-refractivity contribution in [1.82, 2.24) is 20.1 Å². The number of hydrogen-bond acceptors (Lipinski definition) is 6. The molecule has 0 aliphatic rings. The number of nitrogens with zero attached hydrogens (tertiary/aromatic N) is 3. The van der Waals surface area contributed by atoms with E-state index in [1.807, 2.05) is 63.2 Å². The van der Waals surface area contributed by atoms with E-state index in [0.29, 0.717) is 18.2 Å². The zero-order valence-electron chi connectivity index (χ0n) is 17.7. The van der Waals surface area contributed by atoms with E-state index >= 15 is 0 Å². The average Bonchev–Trinajstić information content (AvgIpc) is 3.42. The molecule has 0 fully saturated rings. The number of aliphatic hydroxyl groups excluding tert-OH is 1. The maximum atomic E-state index is 9.62. The number of aromatic amines is 1. The van der Waals surface area contributed by atoms with Crippen LogP contribution in [0.25, 0.3) is 34.1 Å². The maximum Gasteiger partial charge on any atom is 0.184 e. The maximum absolute atomic E-state index is 9.62. The molecule has 0 bridgehead atoms. The number of pyridine rings is 1. The van der Waals surface area contributed by atoms with Crippen LogP contribution in [-0.4, -0.2) is 31.8 Å². The Balaban J connectivity index is 1.45. The van der Waals surface area contributed by atoms with Crippen LogP contribution in [0.15, 0.2) is 71.7 Å². The highest BCUT2D eigenvalue weighted by Gasteiger charge is 2.22. The van der Waals surface area contributed by atoms with Gasteiger partial charge in [0.15, 0.2) is 5.76 Å². The van der Waals surface area contributed by atoms with Gasteiger partial charge in [-0.25, -0.2) is 4.98 Å². The highest BCUT2D eigenvalue weighted by molar-refractivity contribution is 5.65. The van der Waals surface area contributed by atoms with E-state index in [1.54, 1.807) is 12.4 Å². The van der Waals surface area contributed by atoms with Gasteiger partial charge < -0.3 is 19.4 Å². The Labute approximate surface area is 180 Å². The lowest BCUT2D eigenvalue weighted by atomic mass is 9.93. The number of benzene rings is 1. The molecule has 158 valence electrons. The van der Waals surface area contributed by atoms with Gasteiger partial charge in [0.05, 0.1) is 28.8 Å². The standard InChI is InChI=1S/C24H24N4O3/c1-15-11-22(31-28-15)21-13-26-23(27-21)18-7-10-20(25-12-18)17-5-8-19(9-6-17)30-14-24(3,4)16(2)29/h5-13,29H,2,14H2,1,3-4H3,(H,26,27). The van der Waals surface area contributed by atoms with Gasteiger partial charge in [-0.3, -0.25) is 4.98 Å². The van der Waals surface area contributed by atoms with Gasteiger partial charge in [-0.05, 0) is 57.2 Å². The first-order valence-corrected chi connectivity index (χ1v) is 9.88. The van der Waals surface area contributed by atoms with Crippen LogP contribution in [0.2, 0.25) is 0 Å². The average molecular weight is 416 g/mol. The Hall–Kier alpha value is -3.87. The van der Waals surface area contributed by atoms with Crippen molar-refractivity contribution in [2.45, 2.75) is 20.8 Å². The molecule has 0 atom stereocenters. The van der Waals surface area contributed by atoms with Gasteiger partial charge in [0.25, 0.3) is 0 Å². The fourth-order valence-electron chi connectivity index (χ4n) is 2.86. The van der Waals surface area contributed by atoms with Crippen molar-refractivity contribution in [3.05, 3.63) is 72.9 Å². The number of ether oxygens (including phenoxy) is 1. The van der Waals surface area contributed by atoms with E-state index in [2.05, 4.69) is 26.7 Å². The Kier molecular flexibility index (Phi) is 5.33. The largest absolute Gasteiger partial charge is 0.512 e. The third-order valence-corrected chi connectivity index (χ3v) is 5.04. The van der Waals surface area contributed by atoms with E-state index < -0.39 is 5.41 Å². The lowest BCUT2D eigenvalue weighted by molar-refractivity contribution is 0.159. The smallest absolute Gasteiger partial charge is 0.184 e. The number of hydrogen-bond donors (Lipinski definition) is 2. The molecule has 3 aromatic heterocycles. The summed E-state index contributed by atoms with van der Waals surface area (Å²) in [6, 6.07) is 13.5. The molecule has 2 N–H and O–H groups in total. The second-order valence-corrected chi connectivity index (χ2v) is 8.05. The summed E-state index contributed by atoms with van der Waals surface area (Å²) in [5, 5.41) is 13.5. The molecule has 4 aromatic rings. The van der Waals surface area contributed by atoms with E-state index in [-0.39, 0.29) is 5.76 Å². The van der Waals surface area contributed by atoms with Crippen LogP contribution in [0, 0.1) is 12.3 Å². The first-order chi connectivity index (χ1) is 14.8. The van der Waals surface area contributed by atoms with Gasteiger partial charge in [0, 0.05) is 23.4 Å². The number of imidazole rings is 1. The number of rotatable bonds is 7. The van der Waals surface area contributed by atoms with Crippen LogP contribution < -0.4 is 4.74 Å². The van der Waals surface area contributed by atoms with Crippen LogP contribution in [-0.2, 0) is 0 Å². The van der Waals surface area contributed by atoms with Crippen molar-refractivity contribution in [2.75, 3.05) is 6.61 Å².